The Labute approximate surface area is 123 Å². The van der Waals surface area contributed by atoms with Gasteiger partial charge in [0.15, 0.2) is 0 Å². The van der Waals surface area contributed by atoms with Crippen LogP contribution in [-0.4, -0.2) is 32.5 Å². The van der Waals surface area contributed by atoms with E-state index in [-0.39, 0.29) is 11.8 Å². The number of nitrogens with one attached hydrogen (secondary N) is 3. The lowest BCUT2D eigenvalue weighted by molar-refractivity contribution is -0.857. The summed E-state index contributed by atoms with van der Waals surface area (Å²) < 4.78 is 0. The van der Waals surface area contributed by atoms with E-state index in [1.54, 1.807) is 12.1 Å². The molecule has 0 aliphatic rings. The van der Waals surface area contributed by atoms with E-state index in [1.807, 2.05) is 44.4 Å². The van der Waals surface area contributed by atoms with Gasteiger partial charge in [-0.25, -0.2) is 0 Å². The highest BCUT2D eigenvalue weighted by Crippen LogP contribution is 2.15. The topological polar surface area (TPSA) is 62.6 Å². The Morgan fingerprint density at radius 2 is 1.71 bits per heavy atom. The molecule has 0 aromatic heterocycles. The van der Waals surface area contributed by atoms with E-state index in [9.17, 15) is 9.59 Å². The smallest absolute Gasteiger partial charge is 0.269 e. The number of quaternary nitrogens is 1. The van der Waals surface area contributed by atoms with Crippen LogP contribution >= 0.6 is 0 Å². The molecule has 2 rings (SSSR count). The van der Waals surface area contributed by atoms with E-state index in [0.717, 1.165) is 17.3 Å². The highest BCUT2D eigenvalue weighted by molar-refractivity contribution is 5.99. The average Bonchev–Trinajstić information content (AvgIpc) is 2.50. The van der Waals surface area contributed by atoms with Gasteiger partial charge in [-0.3, -0.25) is 20.4 Å². The quantitative estimate of drug-likeness (QED) is 0.700. The number of benzene rings is 2. The van der Waals surface area contributed by atoms with Gasteiger partial charge in [0.05, 0.1) is 27.1 Å². The summed E-state index contributed by atoms with van der Waals surface area (Å²) in [4.78, 5) is 24.7. The van der Waals surface area contributed by atoms with Crippen molar-refractivity contribution in [2.75, 3.05) is 20.6 Å². The van der Waals surface area contributed by atoms with Crippen LogP contribution < -0.4 is 15.8 Å². The highest BCUT2D eigenvalue weighted by atomic mass is 16.2. The fraction of sp³-hybridized carbons (Fsp3) is 0.250. The number of carbonyl (C=O) groups excluding carboxylic acids is 2. The first kappa shape index (κ1) is 15.0. The molecule has 0 unspecified atom stereocenters. The lowest BCUT2D eigenvalue weighted by Crippen LogP contribution is -3.05. The first-order valence-corrected chi connectivity index (χ1v) is 6.93. The SMILES string of the molecule is C[NH+](C)CCC(=O)NNC(=O)c1ccc2ccccc2c1. The number of hydrazine groups is 1. The average molecular weight is 286 g/mol. The molecule has 0 saturated heterocycles. The molecule has 2 amide bonds. The third kappa shape index (κ3) is 4.29. The molecule has 0 bridgehead atoms. The number of fused-ring (bicyclic) bond motifs is 1. The van der Waals surface area contributed by atoms with E-state index >= 15 is 0 Å². The van der Waals surface area contributed by atoms with Crippen LogP contribution in [0.1, 0.15) is 16.8 Å². The molecule has 5 heteroatoms. The van der Waals surface area contributed by atoms with Crippen molar-refractivity contribution in [2.24, 2.45) is 0 Å². The molecule has 0 fully saturated rings. The van der Waals surface area contributed by atoms with Crippen molar-refractivity contribution < 1.29 is 14.5 Å². The number of rotatable bonds is 4. The minimum absolute atomic E-state index is 0.190. The number of hydrogen-bond acceptors (Lipinski definition) is 2. The van der Waals surface area contributed by atoms with Crippen LogP contribution in [0.15, 0.2) is 42.5 Å². The number of hydrogen-bond donors (Lipinski definition) is 3. The lowest BCUT2D eigenvalue weighted by atomic mass is 10.1. The first-order valence-electron chi connectivity index (χ1n) is 6.93. The van der Waals surface area contributed by atoms with Crippen molar-refractivity contribution >= 4 is 22.6 Å². The van der Waals surface area contributed by atoms with Crippen molar-refractivity contribution in [1.29, 1.82) is 0 Å². The van der Waals surface area contributed by atoms with Crippen LogP contribution in [0.5, 0.6) is 0 Å². The van der Waals surface area contributed by atoms with Crippen molar-refractivity contribution in [3.05, 3.63) is 48.0 Å². The fourth-order valence-corrected chi connectivity index (χ4v) is 1.96. The maximum atomic E-state index is 12.0. The summed E-state index contributed by atoms with van der Waals surface area (Å²) in [7, 11) is 3.95. The van der Waals surface area contributed by atoms with E-state index in [0.29, 0.717) is 12.0 Å². The van der Waals surface area contributed by atoms with Crippen LogP contribution in [0.4, 0.5) is 0 Å². The van der Waals surface area contributed by atoms with Crippen LogP contribution in [-0.2, 0) is 4.79 Å². The first-order chi connectivity index (χ1) is 10.1. The van der Waals surface area contributed by atoms with Gasteiger partial charge in [0.2, 0.25) is 5.91 Å². The monoisotopic (exact) mass is 286 g/mol. The van der Waals surface area contributed by atoms with E-state index in [1.165, 1.54) is 4.90 Å². The summed E-state index contributed by atoms with van der Waals surface area (Å²) in [5.74, 6) is -0.503. The van der Waals surface area contributed by atoms with Gasteiger partial charge in [0.25, 0.3) is 5.91 Å². The summed E-state index contributed by atoms with van der Waals surface area (Å²) in [6, 6.07) is 13.3. The van der Waals surface area contributed by atoms with Gasteiger partial charge in [-0.1, -0.05) is 30.3 Å². The molecule has 3 N–H and O–H groups in total. The van der Waals surface area contributed by atoms with Crippen LogP contribution in [0.25, 0.3) is 10.8 Å². The molecule has 2 aromatic carbocycles. The minimum atomic E-state index is -0.314. The molecule has 2 aromatic rings. The molecule has 0 atom stereocenters. The summed E-state index contributed by atoms with van der Waals surface area (Å²) in [5.41, 5.74) is 5.39. The van der Waals surface area contributed by atoms with Gasteiger partial charge in [0, 0.05) is 5.56 Å². The van der Waals surface area contributed by atoms with Crippen LogP contribution in [0.3, 0.4) is 0 Å². The van der Waals surface area contributed by atoms with E-state index in [2.05, 4.69) is 10.9 Å². The molecule has 0 radical (unpaired) electrons. The second-order valence-corrected chi connectivity index (χ2v) is 5.27. The molecule has 110 valence electrons. The zero-order chi connectivity index (χ0) is 15.2. The molecule has 5 nitrogen and oxygen atoms in total. The molecule has 0 aliphatic carbocycles. The zero-order valence-electron chi connectivity index (χ0n) is 12.3. The molecular formula is C16H20N3O2+. The Balaban J connectivity index is 1.94. The van der Waals surface area contributed by atoms with Gasteiger partial charge < -0.3 is 4.90 Å². The predicted molar refractivity (Wildman–Crippen MR) is 81.9 cm³/mol. The Hall–Kier alpha value is -2.40. The number of carbonyl (C=O) groups is 2. The maximum absolute atomic E-state index is 12.0. The van der Waals surface area contributed by atoms with Crippen molar-refractivity contribution in [3.63, 3.8) is 0 Å². The Morgan fingerprint density at radius 3 is 2.43 bits per heavy atom. The molecule has 0 saturated carbocycles. The summed E-state index contributed by atoms with van der Waals surface area (Å²) in [6.45, 7) is 0.720. The molecular weight excluding hydrogens is 266 g/mol. The van der Waals surface area contributed by atoms with Crippen molar-refractivity contribution in [1.82, 2.24) is 10.9 Å². The predicted octanol–water partition coefficient (Wildman–Crippen LogP) is 0.135. The molecule has 21 heavy (non-hydrogen) atoms. The van der Waals surface area contributed by atoms with Gasteiger partial charge in [-0.15, -0.1) is 0 Å². The summed E-state index contributed by atoms with van der Waals surface area (Å²) >= 11 is 0. The maximum Gasteiger partial charge on any atom is 0.269 e. The number of amides is 2. The molecule has 0 aliphatic heterocycles. The summed E-state index contributed by atoms with van der Waals surface area (Å²) in [6.07, 6.45) is 0.375. The highest BCUT2D eigenvalue weighted by Gasteiger charge is 2.08. The fourth-order valence-electron chi connectivity index (χ4n) is 1.96. The second-order valence-electron chi connectivity index (χ2n) is 5.27. The van der Waals surface area contributed by atoms with Gasteiger partial charge in [-0.05, 0) is 22.9 Å². The van der Waals surface area contributed by atoms with Crippen molar-refractivity contribution in [3.8, 4) is 0 Å². The van der Waals surface area contributed by atoms with Crippen molar-refractivity contribution in [2.45, 2.75) is 6.42 Å². The van der Waals surface area contributed by atoms with Gasteiger partial charge in [-0.2, -0.15) is 0 Å². The Bertz CT molecular complexity index is 653. The third-order valence-corrected chi connectivity index (χ3v) is 3.18. The minimum Gasteiger partial charge on any atom is -0.339 e. The summed E-state index contributed by atoms with van der Waals surface area (Å²) in [5, 5.41) is 2.07. The van der Waals surface area contributed by atoms with E-state index in [4.69, 9.17) is 0 Å². The normalized spacial score (nSPS) is 10.6. The Morgan fingerprint density at radius 1 is 1.00 bits per heavy atom. The van der Waals surface area contributed by atoms with E-state index < -0.39 is 0 Å². The molecule has 0 heterocycles. The second kappa shape index (κ2) is 6.85. The van der Waals surface area contributed by atoms with Crippen LogP contribution in [0.2, 0.25) is 0 Å². The molecule has 0 spiro atoms. The third-order valence-electron chi connectivity index (χ3n) is 3.18. The van der Waals surface area contributed by atoms with Gasteiger partial charge in [0.1, 0.15) is 0 Å². The van der Waals surface area contributed by atoms with Crippen LogP contribution in [0, 0.1) is 0 Å². The lowest BCUT2D eigenvalue weighted by Gasteiger charge is -2.09. The largest absolute Gasteiger partial charge is 0.339 e. The van der Waals surface area contributed by atoms with Gasteiger partial charge >= 0.3 is 0 Å². The Kier molecular flexibility index (Phi) is 4.90. The standard InChI is InChI=1S/C16H19N3O2/c1-19(2)10-9-15(20)17-18-16(21)14-8-7-12-5-3-4-6-13(12)11-14/h3-8,11H,9-10H2,1-2H3,(H,17,20)(H,18,21)/p+1. The zero-order valence-corrected chi connectivity index (χ0v) is 12.3.